The summed E-state index contributed by atoms with van der Waals surface area (Å²) in [6, 6.07) is 4.46. The quantitative estimate of drug-likeness (QED) is 0.801. The lowest BCUT2D eigenvalue weighted by Gasteiger charge is -2.25. The molecule has 0 amide bonds. The minimum Gasteiger partial charge on any atom is -0.508 e. The second kappa shape index (κ2) is 4.84. The normalized spacial score (nSPS) is 17.6. The number of aromatic hydroxyl groups is 1. The molecule has 1 saturated carbocycles. The van der Waals surface area contributed by atoms with E-state index in [1.165, 1.54) is 25.0 Å². The van der Waals surface area contributed by atoms with Gasteiger partial charge >= 0.3 is 5.97 Å². The first-order valence-electron chi connectivity index (χ1n) is 6.25. The van der Waals surface area contributed by atoms with Crippen molar-refractivity contribution < 1.29 is 15.0 Å². The summed E-state index contributed by atoms with van der Waals surface area (Å²) in [4.78, 5) is 10.9. The summed E-state index contributed by atoms with van der Waals surface area (Å²) in [6.07, 6.45) is 7.10. The van der Waals surface area contributed by atoms with Crippen LogP contribution in [0, 0.1) is 5.41 Å². The van der Waals surface area contributed by atoms with Gasteiger partial charge < -0.3 is 10.2 Å². The fourth-order valence-electron chi connectivity index (χ4n) is 2.77. The SMILES string of the molecule is C=CC1(Cc2cc(C(=O)O)ccc2O)CCCC1. The number of aromatic carboxylic acids is 1. The third-order valence-corrected chi connectivity index (χ3v) is 3.90. The van der Waals surface area contributed by atoms with E-state index in [1.54, 1.807) is 6.07 Å². The van der Waals surface area contributed by atoms with Gasteiger partial charge in [0.25, 0.3) is 0 Å². The van der Waals surface area contributed by atoms with Crippen LogP contribution < -0.4 is 0 Å². The molecule has 96 valence electrons. The molecule has 0 spiro atoms. The molecule has 3 heteroatoms. The van der Waals surface area contributed by atoms with Gasteiger partial charge in [0, 0.05) is 0 Å². The molecule has 2 N–H and O–H groups in total. The number of allylic oxidation sites excluding steroid dienone is 1. The van der Waals surface area contributed by atoms with Crippen molar-refractivity contribution in [3.05, 3.63) is 42.0 Å². The van der Waals surface area contributed by atoms with Crippen molar-refractivity contribution in [3.8, 4) is 5.75 Å². The number of carboxylic acids is 1. The van der Waals surface area contributed by atoms with E-state index in [4.69, 9.17) is 5.11 Å². The Labute approximate surface area is 107 Å². The van der Waals surface area contributed by atoms with Crippen LogP contribution in [0.5, 0.6) is 5.75 Å². The molecule has 1 aliphatic carbocycles. The number of carboxylic acid groups (broad SMARTS) is 1. The van der Waals surface area contributed by atoms with Crippen molar-refractivity contribution in [2.45, 2.75) is 32.1 Å². The molecule has 0 atom stereocenters. The smallest absolute Gasteiger partial charge is 0.335 e. The summed E-state index contributed by atoms with van der Waals surface area (Å²) >= 11 is 0. The van der Waals surface area contributed by atoms with Gasteiger partial charge in [-0.25, -0.2) is 4.79 Å². The van der Waals surface area contributed by atoms with Gasteiger partial charge in [-0.2, -0.15) is 0 Å². The molecule has 0 radical (unpaired) electrons. The molecule has 1 aromatic rings. The van der Waals surface area contributed by atoms with Gasteiger partial charge in [-0.05, 0) is 48.4 Å². The molecule has 2 rings (SSSR count). The molecular weight excluding hydrogens is 228 g/mol. The van der Waals surface area contributed by atoms with Crippen molar-refractivity contribution >= 4 is 5.97 Å². The minimum absolute atomic E-state index is 0.0224. The third kappa shape index (κ3) is 2.40. The molecule has 1 aliphatic rings. The number of benzene rings is 1. The highest BCUT2D eigenvalue weighted by Gasteiger charge is 2.31. The number of rotatable bonds is 4. The predicted molar refractivity (Wildman–Crippen MR) is 69.9 cm³/mol. The van der Waals surface area contributed by atoms with Gasteiger partial charge in [-0.15, -0.1) is 6.58 Å². The fourth-order valence-corrected chi connectivity index (χ4v) is 2.77. The summed E-state index contributed by atoms with van der Waals surface area (Å²) in [6.45, 7) is 3.90. The molecule has 0 saturated heterocycles. The van der Waals surface area contributed by atoms with Crippen LogP contribution in [-0.2, 0) is 6.42 Å². The molecule has 3 nitrogen and oxygen atoms in total. The van der Waals surface area contributed by atoms with Crippen LogP contribution in [0.2, 0.25) is 0 Å². The topological polar surface area (TPSA) is 57.5 Å². The molecule has 18 heavy (non-hydrogen) atoms. The Kier molecular flexibility index (Phi) is 3.41. The van der Waals surface area contributed by atoms with Gasteiger partial charge in [0.05, 0.1) is 5.56 Å². The predicted octanol–water partition coefficient (Wildman–Crippen LogP) is 3.38. The van der Waals surface area contributed by atoms with Gasteiger partial charge in [-0.3, -0.25) is 0 Å². The number of phenolic OH excluding ortho intramolecular Hbond substituents is 1. The Bertz CT molecular complexity index is 471. The summed E-state index contributed by atoms with van der Waals surface area (Å²) in [5.41, 5.74) is 0.950. The van der Waals surface area contributed by atoms with E-state index in [0.29, 0.717) is 12.0 Å². The van der Waals surface area contributed by atoms with E-state index in [-0.39, 0.29) is 16.7 Å². The average Bonchev–Trinajstić information content (AvgIpc) is 2.81. The summed E-state index contributed by atoms with van der Waals surface area (Å²) in [5, 5.41) is 18.8. The monoisotopic (exact) mass is 246 g/mol. The summed E-state index contributed by atoms with van der Waals surface area (Å²) < 4.78 is 0. The zero-order chi connectivity index (χ0) is 13.2. The highest BCUT2D eigenvalue weighted by atomic mass is 16.4. The van der Waals surface area contributed by atoms with E-state index in [2.05, 4.69) is 6.58 Å². The van der Waals surface area contributed by atoms with E-state index >= 15 is 0 Å². The van der Waals surface area contributed by atoms with Crippen molar-refractivity contribution in [2.75, 3.05) is 0 Å². The molecule has 1 fully saturated rings. The van der Waals surface area contributed by atoms with Gasteiger partial charge in [-0.1, -0.05) is 18.9 Å². The van der Waals surface area contributed by atoms with Crippen LogP contribution >= 0.6 is 0 Å². The first-order chi connectivity index (χ1) is 8.56. The molecule has 0 unspecified atom stereocenters. The van der Waals surface area contributed by atoms with Crippen molar-refractivity contribution in [1.82, 2.24) is 0 Å². The Hall–Kier alpha value is -1.77. The van der Waals surface area contributed by atoms with E-state index < -0.39 is 5.97 Å². The highest BCUT2D eigenvalue weighted by Crippen LogP contribution is 2.43. The Morgan fingerprint density at radius 1 is 1.39 bits per heavy atom. The largest absolute Gasteiger partial charge is 0.508 e. The highest BCUT2D eigenvalue weighted by molar-refractivity contribution is 5.88. The molecule has 0 bridgehead atoms. The zero-order valence-corrected chi connectivity index (χ0v) is 10.4. The Balaban J connectivity index is 2.30. The third-order valence-electron chi connectivity index (χ3n) is 3.90. The van der Waals surface area contributed by atoms with Crippen LogP contribution in [0.3, 0.4) is 0 Å². The van der Waals surface area contributed by atoms with Crippen LogP contribution in [0.25, 0.3) is 0 Å². The molecule has 1 aromatic carbocycles. The summed E-state index contributed by atoms with van der Waals surface area (Å²) in [7, 11) is 0. The molecule has 0 aromatic heterocycles. The Morgan fingerprint density at radius 3 is 2.61 bits per heavy atom. The van der Waals surface area contributed by atoms with Gasteiger partial charge in [0.15, 0.2) is 0 Å². The van der Waals surface area contributed by atoms with Gasteiger partial charge in [0.2, 0.25) is 0 Å². The maximum absolute atomic E-state index is 10.9. The second-order valence-corrected chi connectivity index (χ2v) is 5.10. The van der Waals surface area contributed by atoms with Crippen LogP contribution in [0.4, 0.5) is 0 Å². The lowest BCUT2D eigenvalue weighted by Crippen LogP contribution is -2.16. The van der Waals surface area contributed by atoms with E-state index in [0.717, 1.165) is 12.8 Å². The fraction of sp³-hybridized carbons (Fsp3) is 0.400. The maximum Gasteiger partial charge on any atom is 0.335 e. The van der Waals surface area contributed by atoms with Gasteiger partial charge in [0.1, 0.15) is 5.75 Å². The number of hydrogen-bond donors (Lipinski definition) is 2. The number of phenols is 1. The number of hydrogen-bond acceptors (Lipinski definition) is 2. The first kappa shape index (κ1) is 12.7. The standard InChI is InChI=1S/C15H18O3/c1-2-15(7-3-4-8-15)10-12-9-11(14(17)18)5-6-13(12)16/h2,5-6,9,16H,1,3-4,7-8,10H2,(H,17,18). The van der Waals surface area contributed by atoms with Crippen LogP contribution in [-0.4, -0.2) is 16.2 Å². The molecular formula is C15H18O3. The summed E-state index contributed by atoms with van der Waals surface area (Å²) in [5.74, 6) is -0.788. The Morgan fingerprint density at radius 2 is 2.06 bits per heavy atom. The average molecular weight is 246 g/mol. The van der Waals surface area contributed by atoms with Crippen molar-refractivity contribution in [1.29, 1.82) is 0 Å². The minimum atomic E-state index is -0.963. The first-order valence-corrected chi connectivity index (χ1v) is 6.25. The number of carbonyl (C=O) groups is 1. The van der Waals surface area contributed by atoms with Crippen molar-refractivity contribution in [3.63, 3.8) is 0 Å². The zero-order valence-electron chi connectivity index (χ0n) is 10.4. The van der Waals surface area contributed by atoms with Crippen molar-refractivity contribution in [2.24, 2.45) is 5.41 Å². The lowest BCUT2D eigenvalue weighted by atomic mass is 9.80. The molecule has 0 aliphatic heterocycles. The van der Waals surface area contributed by atoms with E-state index in [1.807, 2.05) is 6.08 Å². The maximum atomic E-state index is 10.9. The second-order valence-electron chi connectivity index (χ2n) is 5.10. The van der Waals surface area contributed by atoms with Crippen LogP contribution in [0.15, 0.2) is 30.9 Å². The molecule has 0 heterocycles. The van der Waals surface area contributed by atoms with Crippen LogP contribution in [0.1, 0.15) is 41.6 Å². The lowest BCUT2D eigenvalue weighted by molar-refractivity contribution is 0.0696. The van der Waals surface area contributed by atoms with E-state index in [9.17, 15) is 9.90 Å².